The molecule has 0 saturated heterocycles. The van der Waals surface area contributed by atoms with Crippen molar-refractivity contribution in [1.82, 2.24) is 0 Å². The lowest BCUT2D eigenvalue weighted by Gasteiger charge is -2.01. The molecule has 0 aliphatic heterocycles. The molecule has 0 bridgehead atoms. The minimum Gasteiger partial charge on any atom is -0.234 e. The lowest BCUT2D eigenvalue weighted by Crippen LogP contribution is -2.02. The van der Waals surface area contributed by atoms with Gasteiger partial charge in [0.15, 0.2) is -0.565 Å². The Morgan fingerprint density at radius 1 is 1.33 bits per heavy atom. The summed E-state index contributed by atoms with van der Waals surface area (Å²) in [6.45, 7) is -0.0192. The molecule has 37 valence electrons. The first kappa shape index (κ1) is 8.15. The van der Waals surface area contributed by atoms with E-state index >= 15 is 0 Å². The van der Waals surface area contributed by atoms with Crippen LogP contribution in [0.3, 0.4) is 0 Å². The molecule has 1 radical (unpaired) electrons. The molecule has 0 spiro atoms. The van der Waals surface area contributed by atoms with Crippen LogP contribution in [0.2, 0.25) is 0 Å². The van der Waals surface area contributed by atoms with Crippen molar-refractivity contribution in [3.05, 3.63) is 0 Å². The maximum Gasteiger partial charge on any atom is 0.150 e. The van der Waals surface area contributed by atoms with Crippen LogP contribution in [0.25, 0.3) is 0 Å². The third-order valence-corrected chi connectivity index (χ3v) is 1.10. The van der Waals surface area contributed by atoms with Crippen molar-refractivity contribution in [2.45, 2.75) is -0.565 Å². The van der Waals surface area contributed by atoms with E-state index in [-0.39, 0.29) is 6.04 Å². The Balaban J connectivity index is 3.17. The molecule has 0 heterocycles. The van der Waals surface area contributed by atoms with Gasteiger partial charge in [0.1, 0.15) is 6.61 Å². The molecule has 0 amide bonds. The minimum atomic E-state index is -0.104. The highest BCUT2D eigenvalue weighted by atomic mass is 127. The second-order valence-corrected chi connectivity index (χ2v) is 12.5. The highest BCUT2D eigenvalue weighted by Crippen LogP contribution is 2.34. The molecule has 4 heteroatoms. The quantitative estimate of drug-likeness (QED) is 0.457. The van der Waals surface area contributed by atoms with Crippen molar-refractivity contribution in [2.75, 3.05) is 6.61 Å². The van der Waals surface area contributed by atoms with Gasteiger partial charge in [-0.05, 0) is 0 Å². The topological polar surface area (TPSA) is 19.9 Å². The lowest BCUT2D eigenvalue weighted by atomic mass is 10.9. The molecule has 0 aromatic carbocycles. The van der Waals surface area contributed by atoms with Crippen molar-refractivity contribution in [3.63, 3.8) is 0 Å². The lowest BCUT2D eigenvalue weighted by molar-refractivity contribution is 0.212. The van der Waals surface area contributed by atoms with E-state index in [1.165, 1.54) is 0 Å². The van der Waals surface area contributed by atoms with Gasteiger partial charge in [0.25, 0.3) is 0 Å². The molecule has 0 fully saturated rings. The second kappa shape index (κ2) is 3.23. The SMILES string of the molecule is [O]CC(I)(I)I. The molecule has 0 N–H and O–H groups in total. The first-order valence-electron chi connectivity index (χ1n) is 1.21. The summed E-state index contributed by atoms with van der Waals surface area (Å²) >= 11 is 6.30. The first-order chi connectivity index (χ1) is 2.56. The summed E-state index contributed by atoms with van der Waals surface area (Å²) in [5.74, 6) is 0. The van der Waals surface area contributed by atoms with E-state index < -0.39 is 0 Å². The van der Waals surface area contributed by atoms with E-state index in [9.17, 15) is 5.11 Å². The van der Waals surface area contributed by atoms with E-state index in [0.717, 1.165) is 0 Å². The van der Waals surface area contributed by atoms with Crippen LogP contribution in [0.1, 0.15) is 0 Å². The highest BCUT2D eigenvalue weighted by molar-refractivity contribution is 14.3. The van der Waals surface area contributed by atoms with Crippen LogP contribution in [0.5, 0.6) is 0 Å². The van der Waals surface area contributed by atoms with Crippen LogP contribution < -0.4 is 0 Å². The summed E-state index contributed by atoms with van der Waals surface area (Å²) in [5, 5.41) is 9.93. The van der Waals surface area contributed by atoms with Crippen LogP contribution in [0.15, 0.2) is 0 Å². The molecule has 6 heavy (non-hydrogen) atoms. The minimum absolute atomic E-state index is 0.0192. The molecular weight excluding hydrogens is 421 g/mol. The van der Waals surface area contributed by atoms with E-state index in [0.29, 0.717) is 0 Å². The van der Waals surface area contributed by atoms with Gasteiger partial charge in [-0.3, -0.25) is 0 Å². The average molecular weight is 423 g/mol. The number of hydrogen-bond donors (Lipinski definition) is 0. The fraction of sp³-hybridized carbons (Fsp3) is 1.00. The zero-order valence-corrected chi connectivity index (χ0v) is 9.22. The third kappa shape index (κ3) is 6.15. The summed E-state index contributed by atoms with van der Waals surface area (Å²) in [7, 11) is 0. The molecule has 0 rings (SSSR count). The van der Waals surface area contributed by atoms with Gasteiger partial charge in [-0.1, -0.05) is 67.8 Å². The van der Waals surface area contributed by atoms with Gasteiger partial charge in [0.05, 0.1) is 0 Å². The predicted octanol–water partition coefficient (Wildman–Crippen LogP) is 2.38. The number of hydrogen-bond acceptors (Lipinski definition) is 0. The van der Waals surface area contributed by atoms with Crippen LogP contribution in [0, 0.1) is 0 Å². The zero-order chi connectivity index (χ0) is 5.21. The van der Waals surface area contributed by atoms with Crippen molar-refractivity contribution in [1.29, 1.82) is 0 Å². The predicted molar refractivity (Wildman–Crippen MR) is 50.3 cm³/mol. The Labute approximate surface area is 77.7 Å². The van der Waals surface area contributed by atoms with Gasteiger partial charge < -0.3 is 0 Å². The van der Waals surface area contributed by atoms with Crippen LogP contribution >= 0.6 is 67.8 Å². The van der Waals surface area contributed by atoms with Crippen LogP contribution in [-0.4, -0.2) is 6.04 Å². The molecule has 0 aliphatic carbocycles. The zero-order valence-electron chi connectivity index (χ0n) is 2.75. The summed E-state index contributed by atoms with van der Waals surface area (Å²) in [6, 6.07) is 0. The summed E-state index contributed by atoms with van der Waals surface area (Å²) < 4.78 is -0.104. The smallest absolute Gasteiger partial charge is 0.150 e. The number of halogens is 3. The summed E-state index contributed by atoms with van der Waals surface area (Å²) in [6.07, 6.45) is 0. The summed E-state index contributed by atoms with van der Waals surface area (Å²) in [4.78, 5) is 0. The largest absolute Gasteiger partial charge is 0.234 e. The Bertz CT molecular complexity index is 38.5. The molecule has 0 saturated carbocycles. The van der Waals surface area contributed by atoms with Gasteiger partial charge in [0.2, 0.25) is 0 Å². The fourth-order valence-electron chi connectivity index (χ4n) is 0. The van der Waals surface area contributed by atoms with Crippen LogP contribution in [-0.2, 0) is 5.11 Å². The van der Waals surface area contributed by atoms with Crippen molar-refractivity contribution >= 4 is 67.8 Å². The van der Waals surface area contributed by atoms with Crippen molar-refractivity contribution in [3.8, 4) is 0 Å². The first-order valence-corrected chi connectivity index (χ1v) is 4.45. The fourth-order valence-corrected chi connectivity index (χ4v) is 0. The Kier molecular flexibility index (Phi) is 4.39. The second-order valence-electron chi connectivity index (χ2n) is 0.760. The van der Waals surface area contributed by atoms with Gasteiger partial charge in [-0.15, -0.1) is 0 Å². The number of rotatable bonds is 1. The maximum absolute atomic E-state index is 9.93. The number of alkyl halides is 3. The Morgan fingerprint density at radius 2 is 1.50 bits per heavy atom. The molecule has 0 aromatic heterocycles. The normalized spacial score (nSPS) is 12.0. The third-order valence-electron chi connectivity index (χ3n) is 0.164. The molecular formula is C2H2I3O. The van der Waals surface area contributed by atoms with E-state index in [1.54, 1.807) is 0 Å². The average Bonchev–Trinajstić information content (AvgIpc) is 1.35. The molecule has 0 unspecified atom stereocenters. The van der Waals surface area contributed by atoms with Gasteiger partial charge in [-0.25, -0.2) is 5.11 Å². The standard InChI is InChI=1S/C2H2I3O/c3-2(4,5)1-6/h1H2. The van der Waals surface area contributed by atoms with E-state index in [2.05, 4.69) is 67.8 Å². The Hall–Kier alpha value is 2.15. The molecule has 0 aliphatic rings. The van der Waals surface area contributed by atoms with Gasteiger partial charge in [-0.2, -0.15) is 0 Å². The van der Waals surface area contributed by atoms with Crippen LogP contribution in [0.4, 0.5) is 0 Å². The monoisotopic (exact) mass is 423 g/mol. The highest BCUT2D eigenvalue weighted by Gasteiger charge is 2.14. The molecule has 0 atom stereocenters. The van der Waals surface area contributed by atoms with Gasteiger partial charge in [0, 0.05) is 0 Å². The van der Waals surface area contributed by atoms with E-state index in [1.807, 2.05) is 0 Å². The summed E-state index contributed by atoms with van der Waals surface area (Å²) in [5.41, 5.74) is 0. The molecule has 1 nitrogen and oxygen atoms in total. The van der Waals surface area contributed by atoms with Crippen molar-refractivity contribution < 1.29 is 5.11 Å². The molecule has 0 aromatic rings. The van der Waals surface area contributed by atoms with Crippen molar-refractivity contribution in [2.24, 2.45) is 0 Å². The van der Waals surface area contributed by atoms with Gasteiger partial charge >= 0.3 is 0 Å². The Morgan fingerprint density at radius 3 is 1.50 bits per heavy atom. The maximum atomic E-state index is 9.93. The van der Waals surface area contributed by atoms with E-state index in [4.69, 9.17) is 0 Å².